The number of para-hydroxylation sites is 3. The number of aliphatic hydroxyl groups excluding tert-OH is 5. The predicted molar refractivity (Wildman–Crippen MR) is 578 cm³/mol. The van der Waals surface area contributed by atoms with E-state index in [9.17, 15) is 44.4 Å². The number of carbonyl (C=O) groups is 5. The number of amides is 1. The second-order valence-electron chi connectivity index (χ2n) is 39.1. The van der Waals surface area contributed by atoms with Gasteiger partial charge in [0.2, 0.25) is 5.91 Å². The molecule has 0 spiro atoms. The van der Waals surface area contributed by atoms with Crippen LogP contribution < -0.4 is 35.5 Å². The Balaban J connectivity index is 0.000000173. The SMILES string of the molecule is COC(=O)CCCCc1ccc(C)c(C=O)n1.COC(=O)CCCCc1ccc(C)c(CNC2(c3cnccc3-c3ccccc3OC3CC3)CC2)n1.Cc1ccc(CCCCC(=O)NC[C@H](O)[C@@H](O)[C@H](O)[C@H](O)CCO)nc1CNC1(c2cnccc2-c2ccccc2OC2CC2)CC1.Cc1ccc(CCCCC(=O)O)nc1CNC1(c2cnccc2-c2ccccc2OC2CC2)CC1.[B][B]B([B])B(B([B])[B])B([B])[B]. The number of carboxylic acids is 1. The predicted octanol–water partition coefficient (Wildman–Crippen LogP) is 11.6. The number of carbonyl (C=O) groups excluding carboxylic acids is 4. The van der Waals surface area contributed by atoms with E-state index in [4.69, 9.17) is 90.5 Å². The number of methoxy groups -OCH3 is 2. The summed E-state index contributed by atoms with van der Waals surface area (Å²) in [5.41, 5.74) is 22.0. The Morgan fingerprint density at radius 2 is 0.781 bits per heavy atom. The number of aliphatic carboxylic acids is 1. The van der Waals surface area contributed by atoms with E-state index >= 15 is 0 Å². The average molecular weight is 1960 g/mol. The number of nitrogens with zero attached hydrogens (tertiary/aromatic N) is 7. The Morgan fingerprint density at radius 3 is 1.10 bits per heavy atom. The van der Waals surface area contributed by atoms with Gasteiger partial charge in [0.05, 0.1) is 61.8 Å². The molecule has 6 fully saturated rings. The lowest BCUT2D eigenvalue weighted by Crippen LogP contribution is -2.63. The molecule has 38 heteroatoms. The molecular weight excluding hydrogens is 1830 g/mol. The molecule has 6 aliphatic rings. The fraction of sp³-hybridized carbons (Fsp3) is 0.463. The van der Waals surface area contributed by atoms with E-state index in [0.717, 1.165) is 237 Å². The highest BCUT2D eigenvalue weighted by Crippen LogP contribution is 2.53. The first-order chi connectivity index (χ1) is 70.5. The molecular formula is C108H133B11N11O16. The molecule has 0 saturated heterocycles. The number of nitrogens with one attached hydrogen (secondary N) is 4. The largest absolute Gasteiger partial charge is 0.490 e. The van der Waals surface area contributed by atoms with Crippen LogP contribution >= 0.6 is 0 Å². The molecule has 0 aliphatic heterocycles. The van der Waals surface area contributed by atoms with Crippen molar-refractivity contribution in [3.8, 4) is 50.6 Å². The van der Waals surface area contributed by atoms with Crippen molar-refractivity contribution in [2.45, 2.75) is 293 Å². The number of hydrogen-bond acceptors (Lipinski definition) is 25. The number of unbranched alkanes of at least 4 members (excludes halogenated alkanes) is 4. The molecule has 1 amide bonds. The van der Waals surface area contributed by atoms with Crippen LogP contribution in [0.25, 0.3) is 33.4 Å². The minimum atomic E-state index is -1.65. The Kier molecular flexibility index (Phi) is 44.0. The van der Waals surface area contributed by atoms with E-state index in [1.807, 2.05) is 80.5 Å². The quantitative estimate of drug-likeness (QED) is 0.00732. The summed E-state index contributed by atoms with van der Waals surface area (Å²) in [6.45, 7) is 9.52. The molecule has 0 bridgehead atoms. The van der Waals surface area contributed by atoms with E-state index in [2.05, 4.69) is 170 Å². The lowest BCUT2D eigenvalue weighted by Gasteiger charge is -2.26. The van der Waals surface area contributed by atoms with Gasteiger partial charge in [-0.15, -0.1) is 0 Å². The van der Waals surface area contributed by atoms with Crippen LogP contribution in [0.5, 0.6) is 17.2 Å². The summed E-state index contributed by atoms with van der Waals surface area (Å²) in [5, 5.41) is 71.4. The Morgan fingerprint density at radius 1 is 0.445 bits per heavy atom. The monoisotopic (exact) mass is 1960 g/mol. The molecule has 7 heterocycles. The number of aryl methyl sites for hydroxylation is 8. The van der Waals surface area contributed by atoms with Gasteiger partial charge in [0.15, 0.2) is 6.29 Å². The molecule has 3 aromatic carbocycles. The number of carboxylic acid groups (broad SMARTS) is 1. The van der Waals surface area contributed by atoms with Crippen molar-refractivity contribution in [2.75, 3.05) is 27.4 Å². The fourth-order valence-electron chi connectivity index (χ4n) is 17.5. The van der Waals surface area contributed by atoms with E-state index in [-0.39, 0.29) is 73.3 Å². The number of esters is 2. The topological polar surface area (TPSA) is 391 Å². The summed E-state index contributed by atoms with van der Waals surface area (Å²) in [6, 6.07) is 47.6. The zero-order valence-corrected chi connectivity index (χ0v) is 85.2. The average Bonchev–Trinajstić information content (AvgIpc) is 1.61. The van der Waals surface area contributed by atoms with Crippen LogP contribution in [0.15, 0.2) is 177 Å². The van der Waals surface area contributed by atoms with Crippen LogP contribution in [0.1, 0.15) is 250 Å². The third-order valence-corrected chi connectivity index (χ3v) is 27.5. The van der Waals surface area contributed by atoms with Gasteiger partial charge in [0.1, 0.15) is 35.2 Å². The van der Waals surface area contributed by atoms with Gasteiger partial charge in [0, 0.05) is 231 Å². The molecule has 13 radical (unpaired) electrons. The van der Waals surface area contributed by atoms with Gasteiger partial charge in [-0.25, -0.2) is 4.98 Å². The molecule has 146 heavy (non-hydrogen) atoms. The number of benzene rings is 3. The van der Waals surface area contributed by atoms with E-state index < -0.39 is 49.5 Å². The maximum atomic E-state index is 12.3. The zero-order valence-electron chi connectivity index (χ0n) is 85.2. The first kappa shape index (κ1) is 114. The zero-order chi connectivity index (χ0) is 104. The van der Waals surface area contributed by atoms with Gasteiger partial charge >= 0.3 is 17.9 Å². The molecule has 27 nitrogen and oxygen atoms in total. The lowest BCUT2D eigenvalue weighted by molar-refractivity contribution is -0.141. The van der Waals surface area contributed by atoms with Gasteiger partial charge in [-0.3, -0.25) is 53.9 Å². The van der Waals surface area contributed by atoms with E-state index in [0.29, 0.717) is 75.7 Å². The van der Waals surface area contributed by atoms with Crippen LogP contribution in [0.4, 0.5) is 0 Å². The maximum Gasteiger partial charge on any atom is 0.305 e. The van der Waals surface area contributed by atoms with Crippen LogP contribution in [0.3, 0.4) is 0 Å². The normalized spacial score (nSPS) is 15.3. The van der Waals surface area contributed by atoms with Crippen LogP contribution in [0.2, 0.25) is 0 Å². The number of rotatable bonds is 53. The van der Waals surface area contributed by atoms with E-state index in [1.54, 1.807) is 0 Å². The third kappa shape index (κ3) is 34.6. The standard InChI is InChI=1S/C36H48N4O7.C30H35N3O3.C29H33N3O3.C13H17NO3.B11/c1-23-10-11-24(6-2-5-9-33(44)38-22-31(43)35(46)34(45)30(42)15-19-41)40-29(23)21-39-36(16-17-36)28-20-37-18-14-26(28)27-7-3-4-8-32(27)47-25-12-13-25;1-21-11-12-22(7-3-6-10-29(34)35-2)33-27(21)20-32-30(16-17-30)26-19-31-18-15-24(26)25-8-4-5-9-28(25)36-23-13-14-23;1-20-10-11-21(6-2-5-9-28(33)34)32-26(20)19-31-29(15-16-29)25-18-30-17-14-23(25)24-7-3-4-8-27(24)35-22-12-13-22;1-10-7-8-11(14-12(10)9-15)5-3-4-6-13(16)17-2;1-7-10(6)11(8(2)3)9(4)5/h3-4,7-8,10-11,14,18,20,25,30-31,34-35,39,41-43,45-46H,2,5-6,9,12-13,15-17,19,21-22H2,1H3,(H,38,44);4-5,8-9,11-12,15,18-19,23,32H,3,6-7,10,13-14,16-17,20H2,1-2H3;3-4,7-8,10-11,14,17-18,22,31H,2,5-6,9,12-13,15-16,19H2,1H3,(H,33,34);7-9H,3-6H2,1-2H3;/t30-,31+,34-,35-;;;;/m1..../s1. The number of ether oxygens (including phenoxy) is 5. The summed E-state index contributed by atoms with van der Waals surface area (Å²) < 4.78 is 28.0. The van der Waals surface area contributed by atoms with Crippen molar-refractivity contribution in [3.05, 3.63) is 261 Å². The summed E-state index contributed by atoms with van der Waals surface area (Å²) in [7, 11) is 36.3. The molecule has 16 rings (SSSR count). The van der Waals surface area contributed by atoms with Crippen molar-refractivity contribution < 1.29 is 78.3 Å². The van der Waals surface area contributed by atoms with Crippen molar-refractivity contribution in [1.29, 1.82) is 0 Å². The highest BCUT2D eigenvalue weighted by molar-refractivity contribution is 8.02. The van der Waals surface area contributed by atoms with Gasteiger partial charge in [-0.2, -0.15) is 0 Å². The molecule has 10 aromatic rings. The van der Waals surface area contributed by atoms with Gasteiger partial charge in [-0.1, -0.05) is 78.9 Å². The summed E-state index contributed by atoms with van der Waals surface area (Å²) in [4.78, 5) is 88.5. The molecule has 10 N–H and O–H groups in total. The van der Waals surface area contributed by atoms with Crippen molar-refractivity contribution >= 4 is 109 Å². The minimum absolute atomic E-state index is 0.0963. The fourth-order valence-corrected chi connectivity index (χ4v) is 17.5. The number of aromatic nitrogens is 7. The van der Waals surface area contributed by atoms with Gasteiger partial charge in [0.25, 0.3) is 0 Å². The molecule has 749 valence electrons. The summed E-state index contributed by atoms with van der Waals surface area (Å²) in [5.74, 6) is 1.47. The Labute approximate surface area is 870 Å². The molecule has 0 unspecified atom stereocenters. The van der Waals surface area contributed by atoms with Crippen LogP contribution in [-0.4, -0.2) is 245 Å². The van der Waals surface area contributed by atoms with Crippen molar-refractivity contribution in [2.24, 2.45) is 0 Å². The third-order valence-electron chi connectivity index (χ3n) is 27.5. The highest BCUT2D eigenvalue weighted by Gasteiger charge is 2.49. The van der Waals surface area contributed by atoms with Crippen LogP contribution in [-0.2, 0) is 90.6 Å². The minimum Gasteiger partial charge on any atom is -0.490 e. The number of aldehydes is 1. The van der Waals surface area contributed by atoms with Gasteiger partial charge < -0.3 is 75.6 Å². The Hall–Kier alpha value is -10.9. The second-order valence-corrected chi connectivity index (χ2v) is 39.1. The number of aliphatic hydroxyl groups is 5. The van der Waals surface area contributed by atoms with Gasteiger partial charge in [-0.05, 0) is 305 Å². The molecule has 7 aromatic heterocycles. The molecule has 6 saturated carbocycles. The first-order valence-electron chi connectivity index (χ1n) is 51.4. The smallest absolute Gasteiger partial charge is 0.305 e. The van der Waals surface area contributed by atoms with E-state index in [1.165, 1.54) is 54.7 Å². The first-order valence-corrected chi connectivity index (χ1v) is 51.4. The van der Waals surface area contributed by atoms with Crippen molar-refractivity contribution in [3.63, 3.8) is 0 Å². The maximum absolute atomic E-state index is 12.3. The molecule has 4 atom stereocenters. The summed E-state index contributed by atoms with van der Waals surface area (Å²) >= 11 is 0. The Bertz CT molecular complexity index is 5900. The van der Waals surface area contributed by atoms with Crippen molar-refractivity contribution in [1.82, 2.24) is 56.2 Å². The lowest BCUT2D eigenvalue weighted by atomic mass is 8.56. The van der Waals surface area contributed by atoms with Crippen LogP contribution in [0, 0.1) is 27.7 Å². The second kappa shape index (κ2) is 56.4. The highest BCUT2D eigenvalue weighted by atomic mass is 16.5. The number of pyridine rings is 7. The summed E-state index contributed by atoms with van der Waals surface area (Å²) in [6.07, 6.45) is 28.8. The number of hydrogen-bond donors (Lipinski definition) is 10. The molecule has 6 aliphatic carbocycles.